The molecule has 0 fully saturated rings. The Balaban J connectivity index is 1.90. The Kier molecular flexibility index (Phi) is 2.06. The summed E-state index contributed by atoms with van der Waals surface area (Å²) in [6.07, 6.45) is 0. The highest BCUT2D eigenvalue weighted by atomic mass is 14.2. The molecular formula is C28H14. The smallest absolute Gasteiger partial charge is 0.000807 e. The van der Waals surface area contributed by atoms with E-state index in [-0.39, 0.29) is 0 Å². The van der Waals surface area contributed by atoms with Gasteiger partial charge in [-0.15, -0.1) is 0 Å². The van der Waals surface area contributed by atoms with Crippen LogP contribution >= 0.6 is 0 Å². The van der Waals surface area contributed by atoms with E-state index in [1.54, 1.807) is 0 Å². The van der Waals surface area contributed by atoms with Crippen LogP contribution in [0.3, 0.4) is 0 Å². The average Bonchev–Trinajstić information content (AvgIpc) is 2.75. The van der Waals surface area contributed by atoms with E-state index in [1.165, 1.54) is 75.4 Å². The van der Waals surface area contributed by atoms with Gasteiger partial charge in [0, 0.05) is 0 Å². The first-order valence-corrected chi connectivity index (χ1v) is 9.87. The highest BCUT2D eigenvalue weighted by Crippen LogP contribution is 2.48. The number of benzene rings is 8. The third kappa shape index (κ3) is 1.34. The summed E-state index contributed by atoms with van der Waals surface area (Å²) in [7, 11) is 0. The lowest BCUT2D eigenvalue weighted by atomic mass is 9.82. The topological polar surface area (TPSA) is 0 Å². The summed E-state index contributed by atoms with van der Waals surface area (Å²) < 4.78 is 0. The van der Waals surface area contributed by atoms with E-state index in [0.717, 1.165) is 0 Å². The molecular weight excluding hydrogens is 336 g/mol. The highest BCUT2D eigenvalue weighted by Gasteiger charge is 2.20. The molecule has 0 saturated carbocycles. The van der Waals surface area contributed by atoms with Crippen LogP contribution in [0.1, 0.15) is 0 Å². The Labute approximate surface area is 160 Å². The Morgan fingerprint density at radius 3 is 1.18 bits per heavy atom. The molecule has 8 aromatic rings. The second-order valence-electron chi connectivity index (χ2n) is 8.15. The monoisotopic (exact) mass is 350 g/mol. The van der Waals surface area contributed by atoms with E-state index in [0.29, 0.717) is 0 Å². The van der Waals surface area contributed by atoms with E-state index in [4.69, 9.17) is 0 Å². The van der Waals surface area contributed by atoms with E-state index in [1.807, 2.05) is 0 Å². The van der Waals surface area contributed by atoms with Crippen molar-refractivity contribution in [1.29, 1.82) is 0 Å². The molecule has 0 nitrogen and oxygen atoms in total. The molecule has 0 aliphatic carbocycles. The molecule has 0 radical (unpaired) electrons. The zero-order chi connectivity index (χ0) is 18.0. The molecule has 0 bridgehead atoms. The first-order chi connectivity index (χ1) is 13.9. The summed E-state index contributed by atoms with van der Waals surface area (Å²) in [6, 6.07) is 32.0. The van der Waals surface area contributed by atoms with Gasteiger partial charge in [-0.05, 0) is 87.5 Å². The van der Waals surface area contributed by atoms with Gasteiger partial charge in [0.2, 0.25) is 0 Å². The third-order valence-electron chi connectivity index (χ3n) is 6.84. The van der Waals surface area contributed by atoms with Crippen LogP contribution in [0.25, 0.3) is 75.4 Å². The Hall–Kier alpha value is -3.64. The molecule has 0 atom stereocenters. The van der Waals surface area contributed by atoms with Crippen molar-refractivity contribution in [1.82, 2.24) is 0 Å². The maximum atomic E-state index is 2.38. The predicted molar refractivity (Wildman–Crippen MR) is 123 cm³/mol. The van der Waals surface area contributed by atoms with Crippen LogP contribution < -0.4 is 0 Å². The minimum absolute atomic E-state index is 1.33. The van der Waals surface area contributed by atoms with Gasteiger partial charge in [0.25, 0.3) is 0 Å². The summed E-state index contributed by atoms with van der Waals surface area (Å²) >= 11 is 0. The second-order valence-corrected chi connectivity index (χ2v) is 8.15. The van der Waals surface area contributed by atoms with Crippen LogP contribution in [0.15, 0.2) is 84.9 Å². The molecule has 0 saturated heterocycles. The molecule has 8 rings (SSSR count). The first kappa shape index (κ1) is 13.5. The van der Waals surface area contributed by atoms with Crippen LogP contribution in [0.4, 0.5) is 0 Å². The largest absolute Gasteiger partial charge is 0.0610 e. The lowest BCUT2D eigenvalue weighted by molar-refractivity contribution is 1.80. The minimum Gasteiger partial charge on any atom is -0.0610 e. The van der Waals surface area contributed by atoms with Crippen LogP contribution in [0.2, 0.25) is 0 Å². The second kappa shape index (κ2) is 4.26. The van der Waals surface area contributed by atoms with Gasteiger partial charge < -0.3 is 0 Å². The highest BCUT2D eigenvalue weighted by molar-refractivity contribution is 6.45. The first-order valence-electron chi connectivity index (χ1n) is 9.87. The van der Waals surface area contributed by atoms with Crippen molar-refractivity contribution in [3.8, 4) is 0 Å². The molecule has 0 aliphatic rings. The molecule has 0 heteroatoms. The fraction of sp³-hybridized carbons (Fsp3) is 0. The Morgan fingerprint density at radius 2 is 0.679 bits per heavy atom. The molecule has 0 unspecified atom stereocenters. The van der Waals surface area contributed by atoms with Crippen molar-refractivity contribution in [3.63, 3.8) is 0 Å². The lowest BCUT2D eigenvalue weighted by Crippen LogP contribution is -1.92. The number of rotatable bonds is 0. The van der Waals surface area contributed by atoms with E-state index < -0.39 is 0 Å². The molecule has 0 aliphatic heterocycles. The van der Waals surface area contributed by atoms with E-state index in [2.05, 4.69) is 84.9 Å². The predicted octanol–water partition coefficient (Wildman–Crippen LogP) is 8.07. The molecule has 0 amide bonds. The van der Waals surface area contributed by atoms with Gasteiger partial charge >= 0.3 is 0 Å². The summed E-state index contributed by atoms with van der Waals surface area (Å²) in [4.78, 5) is 0. The fourth-order valence-electron chi connectivity index (χ4n) is 5.77. The zero-order valence-corrected chi connectivity index (χ0v) is 15.1. The van der Waals surface area contributed by atoms with Crippen molar-refractivity contribution < 1.29 is 0 Å². The number of fused-ring (bicyclic) bond motifs is 1. The van der Waals surface area contributed by atoms with Crippen molar-refractivity contribution >= 4 is 75.4 Å². The molecule has 28 heavy (non-hydrogen) atoms. The van der Waals surface area contributed by atoms with Crippen LogP contribution in [-0.4, -0.2) is 0 Å². The molecule has 0 N–H and O–H groups in total. The van der Waals surface area contributed by atoms with E-state index in [9.17, 15) is 0 Å². The summed E-state index contributed by atoms with van der Waals surface area (Å²) in [5, 5.41) is 19.4. The van der Waals surface area contributed by atoms with Crippen molar-refractivity contribution in [3.05, 3.63) is 84.9 Å². The van der Waals surface area contributed by atoms with Gasteiger partial charge in [0.1, 0.15) is 0 Å². The van der Waals surface area contributed by atoms with Gasteiger partial charge in [0.05, 0.1) is 0 Å². The van der Waals surface area contributed by atoms with Crippen LogP contribution in [0.5, 0.6) is 0 Å². The number of hydrogen-bond donors (Lipinski definition) is 0. The van der Waals surface area contributed by atoms with Crippen LogP contribution in [0, 0.1) is 0 Å². The summed E-state index contributed by atoms with van der Waals surface area (Å²) in [6.45, 7) is 0. The van der Waals surface area contributed by atoms with Gasteiger partial charge in [-0.25, -0.2) is 0 Å². The summed E-state index contributed by atoms with van der Waals surface area (Å²) in [5.41, 5.74) is 0. The van der Waals surface area contributed by atoms with Gasteiger partial charge in [0.15, 0.2) is 0 Å². The average molecular weight is 350 g/mol. The van der Waals surface area contributed by atoms with Gasteiger partial charge in [-0.1, -0.05) is 72.8 Å². The number of hydrogen-bond acceptors (Lipinski definition) is 0. The molecule has 0 spiro atoms. The lowest BCUT2D eigenvalue weighted by Gasteiger charge is -2.21. The Morgan fingerprint density at radius 1 is 0.286 bits per heavy atom. The van der Waals surface area contributed by atoms with Gasteiger partial charge in [-0.3, -0.25) is 0 Å². The van der Waals surface area contributed by atoms with Crippen molar-refractivity contribution in [2.75, 3.05) is 0 Å². The SMILES string of the molecule is c1cc2ccc3c4ccc5cccc6cc7ccc8cc(c1)c2c3c8c7c4c56. The van der Waals surface area contributed by atoms with Gasteiger partial charge in [-0.2, -0.15) is 0 Å². The third-order valence-corrected chi connectivity index (χ3v) is 6.84. The molecule has 8 aromatic carbocycles. The van der Waals surface area contributed by atoms with Crippen molar-refractivity contribution in [2.45, 2.75) is 0 Å². The van der Waals surface area contributed by atoms with Crippen LogP contribution in [-0.2, 0) is 0 Å². The maximum absolute atomic E-state index is 2.38. The van der Waals surface area contributed by atoms with E-state index >= 15 is 0 Å². The standard InChI is InChI=1S/C28H14/c1-3-15-9-11-21-22-12-10-16-4-2-6-18-14-20-8-7-19-13-17(5-1)23(15)27(21)25(19)26(20)28(22)24(16)18/h1-14H. The van der Waals surface area contributed by atoms with Crippen molar-refractivity contribution in [2.24, 2.45) is 0 Å². The summed E-state index contributed by atoms with van der Waals surface area (Å²) in [5.74, 6) is 0. The molecule has 0 heterocycles. The zero-order valence-electron chi connectivity index (χ0n) is 15.1. The minimum atomic E-state index is 1.33. The fourth-order valence-corrected chi connectivity index (χ4v) is 5.77. The molecule has 0 aromatic heterocycles. The Bertz CT molecular complexity index is 1710. The molecule has 126 valence electrons. The normalized spacial score (nSPS) is 13.0. The quantitative estimate of drug-likeness (QED) is 0.191. The maximum Gasteiger partial charge on any atom is -0.000807 e.